The maximum absolute atomic E-state index is 13.2. The van der Waals surface area contributed by atoms with E-state index in [1.165, 1.54) is 25.8 Å². The molecule has 3 unspecified atom stereocenters. The van der Waals surface area contributed by atoms with Crippen LogP contribution in [0.4, 0.5) is 0 Å². The van der Waals surface area contributed by atoms with Gasteiger partial charge in [0.2, 0.25) is 0 Å². The summed E-state index contributed by atoms with van der Waals surface area (Å²) in [6.07, 6.45) is 3.85. The van der Waals surface area contributed by atoms with E-state index < -0.39 is 0 Å². The van der Waals surface area contributed by atoms with E-state index in [-0.39, 0.29) is 5.43 Å². The molecule has 1 aromatic heterocycles. The van der Waals surface area contributed by atoms with E-state index >= 15 is 0 Å². The van der Waals surface area contributed by atoms with E-state index in [0.717, 1.165) is 34.3 Å². The zero-order valence-corrected chi connectivity index (χ0v) is 17.3. The van der Waals surface area contributed by atoms with Crippen molar-refractivity contribution in [1.82, 2.24) is 4.98 Å². The average molecular weight is 374 g/mol. The minimum Gasteiger partial charge on any atom is -0.358 e. The van der Waals surface area contributed by atoms with Gasteiger partial charge in [-0.25, -0.2) is 0 Å². The van der Waals surface area contributed by atoms with Crippen molar-refractivity contribution < 1.29 is 4.90 Å². The van der Waals surface area contributed by atoms with Crippen LogP contribution in [0, 0.1) is 24.7 Å². The normalized spacial score (nSPS) is 30.1. The number of fused-ring (bicyclic) bond motifs is 3. The van der Waals surface area contributed by atoms with Crippen molar-refractivity contribution in [1.29, 1.82) is 0 Å². The van der Waals surface area contributed by atoms with E-state index in [0.29, 0.717) is 21.9 Å². The highest BCUT2D eigenvalue weighted by Crippen LogP contribution is 2.47. The Bertz CT molecular complexity index is 945. The Balaban J connectivity index is 1.73. The van der Waals surface area contributed by atoms with Gasteiger partial charge in [-0.15, -0.1) is 0 Å². The Kier molecular flexibility index (Phi) is 4.06. The standard InChI is InChI=1S/C22H29ClN2O/c1-13-18(23)7-6-16-19(13)24-14(2)17(20(16)26)10-25-12-22(5)9-15(25)8-21(3,4)11-22/h6-7,15H,8-12H2,1-5H3,(H,24,26)/p+1. The molecular formula is C22H30ClN2O+. The molecule has 1 aliphatic carbocycles. The fourth-order valence-corrected chi connectivity index (χ4v) is 6.19. The number of aromatic amines is 1. The second-order valence-corrected chi connectivity index (χ2v) is 10.3. The number of H-pyrrole nitrogens is 1. The van der Waals surface area contributed by atoms with Gasteiger partial charge in [0, 0.05) is 34.4 Å². The van der Waals surface area contributed by atoms with Gasteiger partial charge >= 0.3 is 0 Å². The number of halogens is 1. The van der Waals surface area contributed by atoms with Crippen LogP contribution in [0.3, 0.4) is 0 Å². The monoisotopic (exact) mass is 373 g/mol. The van der Waals surface area contributed by atoms with E-state index in [9.17, 15) is 4.79 Å². The molecule has 2 fully saturated rings. The molecule has 1 aromatic carbocycles. The van der Waals surface area contributed by atoms with Gasteiger partial charge in [-0.2, -0.15) is 0 Å². The third-order valence-electron chi connectivity index (χ3n) is 6.76. The molecule has 26 heavy (non-hydrogen) atoms. The Labute approximate surface area is 160 Å². The third-order valence-corrected chi connectivity index (χ3v) is 7.17. The van der Waals surface area contributed by atoms with Crippen LogP contribution in [0.15, 0.2) is 16.9 Å². The molecule has 4 rings (SSSR count). The second kappa shape index (κ2) is 5.84. The number of quaternary nitrogens is 1. The first-order chi connectivity index (χ1) is 12.1. The Morgan fingerprint density at radius 3 is 2.69 bits per heavy atom. The van der Waals surface area contributed by atoms with Gasteiger partial charge in [0.25, 0.3) is 0 Å². The van der Waals surface area contributed by atoms with Crippen molar-refractivity contribution in [3.63, 3.8) is 0 Å². The molecular weight excluding hydrogens is 344 g/mol. The number of aryl methyl sites for hydroxylation is 2. The number of aromatic nitrogens is 1. The quantitative estimate of drug-likeness (QED) is 0.825. The minimum atomic E-state index is 0.175. The molecule has 140 valence electrons. The third kappa shape index (κ3) is 2.90. The molecule has 2 bridgehead atoms. The molecule has 4 heteroatoms. The summed E-state index contributed by atoms with van der Waals surface area (Å²) in [5.74, 6) is 0. The molecule has 2 heterocycles. The van der Waals surface area contributed by atoms with Crippen LogP contribution < -0.4 is 10.3 Å². The number of nitrogens with one attached hydrogen (secondary N) is 2. The van der Waals surface area contributed by atoms with E-state index in [1.54, 1.807) is 4.90 Å². The van der Waals surface area contributed by atoms with Crippen molar-refractivity contribution in [3.8, 4) is 0 Å². The molecule has 3 nitrogen and oxygen atoms in total. The number of pyridine rings is 1. The second-order valence-electron chi connectivity index (χ2n) is 9.92. The highest BCUT2D eigenvalue weighted by Gasteiger charge is 2.52. The molecule has 1 saturated carbocycles. The summed E-state index contributed by atoms with van der Waals surface area (Å²) >= 11 is 6.25. The summed E-state index contributed by atoms with van der Waals surface area (Å²) in [5.41, 5.74) is 4.78. The number of hydrogen-bond acceptors (Lipinski definition) is 1. The topological polar surface area (TPSA) is 37.3 Å². The van der Waals surface area contributed by atoms with Gasteiger partial charge < -0.3 is 9.88 Å². The predicted octanol–water partition coefficient (Wildman–Crippen LogP) is 3.78. The van der Waals surface area contributed by atoms with Crippen LogP contribution in [-0.4, -0.2) is 17.6 Å². The summed E-state index contributed by atoms with van der Waals surface area (Å²) < 4.78 is 0. The van der Waals surface area contributed by atoms with Crippen LogP contribution in [0.1, 0.15) is 56.9 Å². The maximum atomic E-state index is 13.2. The minimum absolute atomic E-state index is 0.175. The lowest BCUT2D eigenvalue weighted by atomic mass is 9.65. The van der Waals surface area contributed by atoms with Crippen LogP contribution >= 0.6 is 11.6 Å². The van der Waals surface area contributed by atoms with Crippen LogP contribution in [0.2, 0.25) is 5.02 Å². The zero-order chi connectivity index (χ0) is 18.9. The summed E-state index contributed by atoms with van der Waals surface area (Å²) in [6.45, 7) is 13.3. The van der Waals surface area contributed by atoms with Gasteiger partial charge in [0.15, 0.2) is 5.43 Å². The lowest BCUT2D eigenvalue weighted by Crippen LogP contribution is -3.12. The van der Waals surface area contributed by atoms with Crippen molar-refractivity contribution in [2.24, 2.45) is 10.8 Å². The van der Waals surface area contributed by atoms with Crippen molar-refractivity contribution >= 4 is 22.5 Å². The summed E-state index contributed by atoms with van der Waals surface area (Å²) in [6, 6.07) is 4.38. The van der Waals surface area contributed by atoms with E-state index in [2.05, 4.69) is 25.8 Å². The predicted molar refractivity (Wildman–Crippen MR) is 108 cm³/mol. The van der Waals surface area contributed by atoms with Gasteiger partial charge in [-0.3, -0.25) is 4.79 Å². The van der Waals surface area contributed by atoms with E-state index in [4.69, 9.17) is 11.6 Å². The number of rotatable bonds is 2. The number of hydrogen-bond donors (Lipinski definition) is 2. The van der Waals surface area contributed by atoms with Crippen LogP contribution in [-0.2, 0) is 6.54 Å². The van der Waals surface area contributed by atoms with Gasteiger partial charge in [-0.05, 0) is 43.4 Å². The summed E-state index contributed by atoms with van der Waals surface area (Å²) in [7, 11) is 0. The highest BCUT2D eigenvalue weighted by molar-refractivity contribution is 6.32. The molecule has 1 saturated heterocycles. The van der Waals surface area contributed by atoms with Crippen molar-refractivity contribution in [3.05, 3.63) is 44.2 Å². The SMILES string of the molecule is Cc1[nH]c2c(C)c(Cl)ccc2c(=O)c1C[NH+]1CC2(C)CC1CC(C)(C)C2. The Hall–Kier alpha value is -1.32. The summed E-state index contributed by atoms with van der Waals surface area (Å²) in [4.78, 5) is 18.3. The van der Waals surface area contributed by atoms with Crippen LogP contribution in [0.5, 0.6) is 0 Å². The molecule has 2 aromatic rings. The fraction of sp³-hybridized carbons (Fsp3) is 0.591. The first-order valence-electron chi connectivity index (χ1n) is 9.74. The highest BCUT2D eigenvalue weighted by atomic mass is 35.5. The molecule has 0 radical (unpaired) electrons. The maximum Gasteiger partial charge on any atom is 0.198 e. The zero-order valence-electron chi connectivity index (χ0n) is 16.6. The molecule has 0 spiro atoms. The van der Waals surface area contributed by atoms with Gasteiger partial charge in [0.1, 0.15) is 6.54 Å². The molecule has 0 amide bonds. The van der Waals surface area contributed by atoms with Crippen LogP contribution in [0.25, 0.3) is 10.9 Å². The largest absolute Gasteiger partial charge is 0.358 e. The lowest BCUT2D eigenvalue weighted by molar-refractivity contribution is -0.928. The number of benzene rings is 1. The average Bonchev–Trinajstić information content (AvgIpc) is 2.76. The first kappa shape index (κ1) is 18.1. The van der Waals surface area contributed by atoms with Crippen molar-refractivity contribution in [2.75, 3.05) is 6.54 Å². The molecule has 2 N–H and O–H groups in total. The van der Waals surface area contributed by atoms with Gasteiger partial charge in [-0.1, -0.05) is 32.4 Å². The van der Waals surface area contributed by atoms with E-state index in [1.807, 2.05) is 26.0 Å². The van der Waals surface area contributed by atoms with Gasteiger partial charge in [0.05, 0.1) is 23.7 Å². The Morgan fingerprint density at radius 1 is 1.23 bits per heavy atom. The molecule has 3 atom stereocenters. The smallest absolute Gasteiger partial charge is 0.198 e. The number of likely N-dealkylation sites (tertiary alicyclic amines) is 1. The Morgan fingerprint density at radius 2 is 1.96 bits per heavy atom. The summed E-state index contributed by atoms with van der Waals surface area (Å²) in [5, 5.41) is 1.47. The molecule has 1 aliphatic heterocycles. The van der Waals surface area contributed by atoms with Crippen molar-refractivity contribution in [2.45, 2.75) is 66.5 Å². The first-order valence-corrected chi connectivity index (χ1v) is 10.1. The molecule has 2 aliphatic rings. The lowest BCUT2D eigenvalue weighted by Gasteiger charge is -2.37. The fourth-order valence-electron chi connectivity index (χ4n) is 6.03.